The molecule has 13 heavy (non-hydrogen) atoms. The van der Waals surface area contributed by atoms with Crippen LogP contribution in [0.25, 0.3) is 0 Å². The SMILES string of the molecule is NCC1(Cc2sccc2Br)CCC1. The Morgan fingerprint density at radius 1 is 1.54 bits per heavy atom. The summed E-state index contributed by atoms with van der Waals surface area (Å²) in [6.07, 6.45) is 5.16. The highest BCUT2D eigenvalue weighted by Gasteiger charge is 2.36. The Kier molecular flexibility index (Phi) is 2.77. The Balaban J connectivity index is 2.08. The average Bonchev–Trinajstić information content (AvgIpc) is 2.44. The Labute approximate surface area is 91.5 Å². The van der Waals surface area contributed by atoms with Crippen LogP contribution in [0.5, 0.6) is 0 Å². The average molecular weight is 260 g/mol. The first kappa shape index (κ1) is 9.69. The molecule has 0 unspecified atom stereocenters. The lowest BCUT2D eigenvalue weighted by Crippen LogP contribution is -2.38. The predicted octanol–water partition coefficient (Wildman–Crippen LogP) is 3.18. The highest BCUT2D eigenvalue weighted by atomic mass is 79.9. The van der Waals surface area contributed by atoms with Crippen molar-refractivity contribution < 1.29 is 0 Å². The zero-order valence-corrected chi connectivity index (χ0v) is 9.96. The predicted molar refractivity (Wildman–Crippen MR) is 61.1 cm³/mol. The molecule has 1 nitrogen and oxygen atoms in total. The second-order valence-electron chi connectivity index (χ2n) is 3.93. The van der Waals surface area contributed by atoms with Crippen molar-refractivity contribution in [2.75, 3.05) is 6.54 Å². The molecule has 72 valence electrons. The number of hydrogen-bond donors (Lipinski definition) is 1. The standard InChI is InChI=1S/C10H14BrNS/c11-8-2-5-13-9(8)6-10(7-12)3-1-4-10/h2,5H,1,3-4,6-7,12H2. The van der Waals surface area contributed by atoms with Gasteiger partial charge in [-0.1, -0.05) is 6.42 Å². The first-order valence-corrected chi connectivity index (χ1v) is 6.35. The molecule has 2 N–H and O–H groups in total. The molecule has 1 aromatic rings. The maximum absolute atomic E-state index is 5.82. The number of hydrogen-bond acceptors (Lipinski definition) is 2. The number of nitrogens with two attached hydrogens (primary N) is 1. The van der Waals surface area contributed by atoms with Crippen molar-refractivity contribution in [2.45, 2.75) is 25.7 Å². The van der Waals surface area contributed by atoms with E-state index in [0.717, 1.165) is 6.54 Å². The van der Waals surface area contributed by atoms with Crippen LogP contribution in [0, 0.1) is 5.41 Å². The first-order valence-electron chi connectivity index (χ1n) is 4.68. The quantitative estimate of drug-likeness (QED) is 0.887. The van der Waals surface area contributed by atoms with E-state index in [9.17, 15) is 0 Å². The summed E-state index contributed by atoms with van der Waals surface area (Å²) in [5, 5.41) is 2.14. The van der Waals surface area contributed by atoms with Crippen molar-refractivity contribution in [2.24, 2.45) is 11.1 Å². The summed E-state index contributed by atoms with van der Waals surface area (Å²) >= 11 is 5.41. The van der Waals surface area contributed by atoms with Gasteiger partial charge >= 0.3 is 0 Å². The van der Waals surface area contributed by atoms with Gasteiger partial charge in [0.15, 0.2) is 0 Å². The summed E-state index contributed by atoms with van der Waals surface area (Å²) in [7, 11) is 0. The summed E-state index contributed by atoms with van der Waals surface area (Å²) < 4.78 is 1.26. The van der Waals surface area contributed by atoms with Crippen LogP contribution in [0.15, 0.2) is 15.9 Å². The summed E-state index contributed by atoms with van der Waals surface area (Å²) in [6.45, 7) is 0.845. The van der Waals surface area contributed by atoms with E-state index in [-0.39, 0.29) is 0 Å². The molecular formula is C10H14BrNS. The third-order valence-corrected chi connectivity index (χ3v) is 5.00. The molecule has 0 atom stereocenters. The van der Waals surface area contributed by atoms with Gasteiger partial charge in [-0.3, -0.25) is 0 Å². The fourth-order valence-electron chi connectivity index (χ4n) is 1.92. The monoisotopic (exact) mass is 259 g/mol. The summed E-state index contributed by atoms with van der Waals surface area (Å²) in [4.78, 5) is 1.46. The zero-order valence-electron chi connectivity index (χ0n) is 7.55. The Bertz CT molecular complexity index is 285. The van der Waals surface area contributed by atoms with Crippen LogP contribution < -0.4 is 5.73 Å². The smallest absolute Gasteiger partial charge is 0.0314 e. The highest BCUT2D eigenvalue weighted by molar-refractivity contribution is 9.10. The van der Waals surface area contributed by atoms with Gasteiger partial charge in [0.2, 0.25) is 0 Å². The maximum atomic E-state index is 5.82. The van der Waals surface area contributed by atoms with E-state index < -0.39 is 0 Å². The molecule has 1 heterocycles. The summed E-state index contributed by atoms with van der Waals surface area (Å²) in [5.74, 6) is 0. The summed E-state index contributed by atoms with van der Waals surface area (Å²) in [6, 6.07) is 2.13. The van der Waals surface area contributed by atoms with Crippen LogP contribution in [0.1, 0.15) is 24.1 Å². The van der Waals surface area contributed by atoms with Gasteiger partial charge in [-0.05, 0) is 58.6 Å². The zero-order chi connectivity index (χ0) is 9.31. The van der Waals surface area contributed by atoms with E-state index in [1.54, 1.807) is 0 Å². The van der Waals surface area contributed by atoms with Crippen molar-refractivity contribution in [3.8, 4) is 0 Å². The molecule has 0 amide bonds. The molecule has 1 saturated carbocycles. The number of thiophene rings is 1. The number of halogens is 1. The lowest BCUT2D eigenvalue weighted by molar-refractivity contribution is 0.146. The van der Waals surface area contributed by atoms with Crippen LogP contribution in [0.3, 0.4) is 0 Å². The van der Waals surface area contributed by atoms with E-state index in [1.165, 1.54) is 35.0 Å². The number of rotatable bonds is 3. The second-order valence-corrected chi connectivity index (χ2v) is 5.78. The van der Waals surface area contributed by atoms with Crippen molar-refractivity contribution in [1.29, 1.82) is 0 Å². The first-order chi connectivity index (χ1) is 6.26. The second kappa shape index (κ2) is 3.71. The third-order valence-electron chi connectivity index (χ3n) is 3.07. The molecule has 0 aromatic carbocycles. The Hall–Kier alpha value is 0.140. The van der Waals surface area contributed by atoms with E-state index in [0.29, 0.717) is 5.41 Å². The molecule has 0 radical (unpaired) electrons. The van der Waals surface area contributed by atoms with Gasteiger partial charge in [-0.15, -0.1) is 11.3 Å². The van der Waals surface area contributed by atoms with Crippen LogP contribution in [-0.2, 0) is 6.42 Å². The maximum Gasteiger partial charge on any atom is 0.0314 e. The normalized spacial score (nSPS) is 19.8. The van der Waals surface area contributed by atoms with Gasteiger partial charge in [-0.2, -0.15) is 0 Å². The molecule has 1 fully saturated rings. The minimum Gasteiger partial charge on any atom is -0.330 e. The molecule has 0 spiro atoms. The van der Waals surface area contributed by atoms with Crippen LogP contribution in [0.2, 0.25) is 0 Å². The molecule has 0 bridgehead atoms. The lowest BCUT2D eigenvalue weighted by Gasteiger charge is -2.40. The fraction of sp³-hybridized carbons (Fsp3) is 0.600. The van der Waals surface area contributed by atoms with E-state index in [1.807, 2.05) is 11.3 Å². The van der Waals surface area contributed by atoms with Gasteiger partial charge < -0.3 is 5.73 Å². The minimum absolute atomic E-state index is 0.438. The van der Waals surface area contributed by atoms with Gasteiger partial charge in [-0.25, -0.2) is 0 Å². The molecule has 0 aliphatic heterocycles. The molecule has 3 heteroatoms. The van der Waals surface area contributed by atoms with Gasteiger partial charge in [0.1, 0.15) is 0 Å². The minimum atomic E-state index is 0.438. The Morgan fingerprint density at radius 2 is 2.31 bits per heavy atom. The van der Waals surface area contributed by atoms with E-state index >= 15 is 0 Å². The molecule has 1 aliphatic rings. The van der Waals surface area contributed by atoms with Crippen LogP contribution in [-0.4, -0.2) is 6.54 Å². The molecule has 0 saturated heterocycles. The topological polar surface area (TPSA) is 26.0 Å². The molecular weight excluding hydrogens is 246 g/mol. The van der Waals surface area contributed by atoms with Gasteiger partial charge in [0, 0.05) is 9.35 Å². The van der Waals surface area contributed by atoms with Gasteiger partial charge in [0.25, 0.3) is 0 Å². The van der Waals surface area contributed by atoms with Gasteiger partial charge in [0.05, 0.1) is 0 Å². The largest absolute Gasteiger partial charge is 0.330 e. The van der Waals surface area contributed by atoms with Crippen molar-refractivity contribution in [3.63, 3.8) is 0 Å². The summed E-state index contributed by atoms with van der Waals surface area (Å²) in [5.41, 5.74) is 6.26. The Morgan fingerprint density at radius 3 is 2.69 bits per heavy atom. The molecule has 1 aromatic heterocycles. The van der Waals surface area contributed by atoms with Crippen molar-refractivity contribution >= 4 is 27.3 Å². The van der Waals surface area contributed by atoms with Crippen molar-refractivity contribution in [1.82, 2.24) is 0 Å². The van der Waals surface area contributed by atoms with E-state index in [2.05, 4.69) is 27.4 Å². The van der Waals surface area contributed by atoms with Crippen LogP contribution >= 0.6 is 27.3 Å². The third kappa shape index (κ3) is 1.83. The molecule has 1 aliphatic carbocycles. The van der Waals surface area contributed by atoms with Crippen LogP contribution in [0.4, 0.5) is 0 Å². The lowest BCUT2D eigenvalue weighted by atomic mass is 9.66. The fourth-order valence-corrected chi connectivity index (χ4v) is 3.59. The van der Waals surface area contributed by atoms with Crippen molar-refractivity contribution in [3.05, 3.63) is 20.8 Å². The highest BCUT2D eigenvalue weighted by Crippen LogP contribution is 2.44. The van der Waals surface area contributed by atoms with E-state index in [4.69, 9.17) is 5.73 Å². The molecule has 2 rings (SSSR count).